The van der Waals surface area contributed by atoms with Crippen LogP contribution in [0.3, 0.4) is 0 Å². The van der Waals surface area contributed by atoms with Gasteiger partial charge >= 0.3 is 0 Å². The van der Waals surface area contributed by atoms with Crippen molar-refractivity contribution in [2.24, 2.45) is 46.2 Å². The maximum absolute atomic E-state index is 11.1. The number of aliphatic hydroxyl groups is 2. The molecule has 138 valence electrons. The van der Waals surface area contributed by atoms with E-state index < -0.39 is 12.2 Å². The van der Waals surface area contributed by atoms with Gasteiger partial charge in [0.25, 0.3) is 0 Å². The van der Waals surface area contributed by atoms with Crippen molar-refractivity contribution < 1.29 is 10.2 Å². The van der Waals surface area contributed by atoms with Gasteiger partial charge in [0.15, 0.2) is 0 Å². The standard InChI is InChI=1S/C21H37NO2/c1-4-12-5-6-14-17-15(8-10-20(12,14)2)21(3)9-7-13(22)11-16(21)18(23)19(17)24/h12-19,23-24H,4-11,22H2,1-3H3/t12-,13-,14?,15?,16?,17?,18+,19+,20+,21+/m0/s1. The summed E-state index contributed by atoms with van der Waals surface area (Å²) >= 11 is 0. The lowest BCUT2D eigenvalue weighted by molar-refractivity contribution is -0.215. The monoisotopic (exact) mass is 335 g/mol. The smallest absolute Gasteiger partial charge is 0.0836 e. The lowest BCUT2D eigenvalue weighted by Gasteiger charge is -2.63. The van der Waals surface area contributed by atoms with Crippen LogP contribution in [0.4, 0.5) is 0 Å². The van der Waals surface area contributed by atoms with Gasteiger partial charge in [-0.15, -0.1) is 0 Å². The molecule has 0 aromatic heterocycles. The number of hydrogen-bond acceptors (Lipinski definition) is 3. The van der Waals surface area contributed by atoms with Gasteiger partial charge in [-0.2, -0.15) is 0 Å². The van der Waals surface area contributed by atoms with Crippen LogP contribution in [0.2, 0.25) is 0 Å². The Balaban J connectivity index is 1.70. The van der Waals surface area contributed by atoms with E-state index in [1.807, 2.05) is 0 Å². The summed E-state index contributed by atoms with van der Waals surface area (Å²) in [4.78, 5) is 0. The van der Waals surface area contributed by atoms with Crippen molar-refractivity contribution >= 4 is 0 Å². The van der Waals surface area contributed by atoms with E-state index in [0.717, 1.165) is 25.2 Å². The van der Waals surface area contributed by atoms with Crippen LogP contribution in [0.25, 0.3) is 0 Å². The van der Waals surface area contributed by atoms with E-state index in [2.05, 4.69) is 20.8 Å². The fraction of sp³-hybridized carbons (Fsp3) is 1.00. The molecular weight excluding hydrogens is 298 g/mol. The first-order valence-electron chi connectivity index (χ1n) is 10.4. The van der Waals surface area contributed by atoms with Crippen LogP contribution in [-0.2, 0) is 0 Å². The molecule has 0 bridgehead atoms. The average Bonchev–Trinajstić information content (AvgIpc) is 2.90. The quantitative estimate of drug-likeness (QED) is 0.688. The maximum atomic E-state index is 11.1. The highest BCUT2D eigenvalue weighted by Gasteiger charge is 2.64. The first kappa shape index (κ1) is 17.3. The summed E-state index contributed by atoms with van der Waals surface area (Å²) in [6, 6.07) is 0.200. The van der Waals surface area contributed by atoms with E-state index >= 15 is 0 Å². The van der Waals surface area contributed by atoms with E-state index in [9.17, 15) is 10.2 Å². The minimum absolute atomic E-state index is 0.171. The molecule has 4 unspecified atom stereocenters. The van der Waals surface area contributed by atoms with Crippen LogP contribution >= 0.6 is 0 Å². The van der Waals surface area contributed by atoms with Gasteiger partial charge in [-0.25, -0.2) is 0 Å². The van der Waals surface area contributed by atoms with Crippen LogP contribution in [0.5, 0.6) is 0 Å². The third-order valence-corrected chi connectivity index (χ3v) is 9.48. The second-order valence-electron chi connectivity index (χ2n) is 10.1. The molecule has 0 aromatic carbocycles. The molecule has 3 nitrogen and oxygen atoms in total. The fourth-order valence-corrected chi connectivity index (χ4v) is 8.07. The maximum Gasteiger partial charge on any atom is 0.0836 e. The summed E-state index contributed by atoms with van der Waals surface area (Å²) in [7, 11) is 0. The predicted octanol–water partition coefficient (Wildman–Crippen LogP) is 3.32. The van der Waals surface area contributed by atoms with Crippen molar-refractivity contribution in [2.45, 2.75) is 90.4 Å². The van der Waals surface area contributed by atoms with E-state index in [1.54, 1.807) is 0 Å². The number of aliphatic hydroxyl groups excluding tert-OH is 2. The molecule has 4 fully saturated rings. The summed E-state index contributed by atoms with van der Waals surface area (Å²) in [5, 5.41) is 22.2. The Labute approximate surface area is 147 Å². The van der Waals surface area contributed by atoms with Crippen molar-refractivity contribution in [1.82, 2.24) is 0 Å². The van der Waals surface area contributed by atoms with Crippen molar-refractivity contribution in [3.63, 3.8) is 0 Å². The van der Waals surface area contributed by atoms with Crippen LogP contribution in [0, 0.1) is 40.4 Å². The third kappa shape index (κ3) is 2.13. The Morgan fingerprint density at radius 3 is 2.25 bits per heavy atom. The Hall–Kier alpha value is -0.120. The summed E-state index contributed by atoms with van der Waals surface area (Å²) in [6.07, 6.45) is 8.35. The summed E-state index contributed by atoms with van der Waals surface area (Å²) in [5.74, 6) is 2.45. The summed E-state index contributed by atoms with van der Waals surface area (Å²) in [6.45, 7) is 7.22. The normalized spacial score (nSPS) is 60.2. The zero-order valence-electron chi connectivity index (χ0n) is 15.7. The first-order chi connectivity index (χ1) is 11.3. The SMILES string of the molecule is CC[C@H]1CCC2C3C(CC[C@@]21C)[C@@]1(C)CC[C@H](N)CC1[C@@H](O)[C@@H]3O. The summed E-state index contributed by atoms with van der Waals surface area (Å²) in [5.41, 5.74) is 6.78. The molecule has 24 heavy (non-hydrogen) atoms. The highest BCUT2D eigenvalue weighted by molar-refractivity contribution is 5.13. The predicted molar refractivity (Wildman–Crippen MR) is 96.3 cm³/mol. The number of hydrogen-bond donors (Lipinski definition) is 3. The molecule has 0 aromatic rings. The number of fused-ring (bicyclic) bond motifs is 5. The first-order valence-corrected chi connectivity index (χ1v) is 10.4. The molecule has 0 aliphatic heterocycles. The van der Waals surface area contributed by atoms with Crippen LogP contribution < -0.4 is 5.73 Å². The van der Waals surface area contributed by atoms with Crippen LogP contribution in [0.1, 0.15) is 72.1 Å². The topological polar surface area (TPSA) is 66.5 Å². The highest BCUT2D eigenvalue weighted by atomic mass is 16.3. The molecule has 4 aliphatic rings. The molecule has 0 amide bonds. The number of nitrogens with two attached hydrogens (primary N) is 1. The Bertz CT molecular complexity index is 496. The second kappa shape index (κ2) is 5.69. The van der Waals surface area contributed by atoms with E-state index in [1.165, 1.54) is 32.1 Å². The van der Waals surface area contributed by atoms with Crippen molar-refractivity contribution in [3.05, 3.63) is 0 Å². The minimum atomic E-state index is -0.578. The Kier molecular flexibility index (Phi) is 4.10. The van der Waals surface area contributed by atoms with Gasteiger partial charge in [0, 0.05) is 6.04 Å². The highest BCUT2D eigenvalue weighted by Crippen LogP contribution is 2.67. The van der Waals surface area contributed by atoms with E-state index in [0.29, 0.717) is 23.2 Å². The van der Waals surface area contributed by atoms with E-state index in [-0.39, 0.29) is 17.4 Å². The van der Waals surface area contributed by atoms with Crippen molar-refractivity contribution in [3.8, 4) is 0 Å². The van der Waals surface area contributed by atoms with E-state index in [4.69, 9.17) is 5.73 Å². The molecule has 10 atom stereocenters. The zero-order valence-corrected chi connectivity index (χ0v) is 15.7. The van der Waals surface area contributed by atoms with Gasteiger partial charge in [-0.05, 0) is 85.4 Å². The molecule has 4 N–H and O–H groups in total. The van der Waals surface area contributed by atoms with Crippen molar-refractivity contribution in [2.75, 3.05) is 0 Å². The molecule has 0 saturated heterocycles. The number of rotatable bonds is 1. The lowest BCUT2D eigenvalue weighted by Crippen LogP contribution is -2.64. The minimum Gasteiger partial charge on any atom is -0.390 e. The van der Waals surface area contributed by atoms with Gasteiger partial charge in [-0.3, -0.25) is 0 Å². The Morgan fingerprint density at radius 2 is 1.54 bits per heavy atom. The molecule has 0 heterocycles. The summed E-state index contributed by atoms with van der Waals surface area (Å²) < 4.78 is 0. The van der Waals surface area contributed by atoms with Gasteiger partial charge in [0.2, 0.25) is 0 Å². The lowest BCUT2D eigenvalue weighted by atomic mass is 9.43. The van der Waals surface area contributed by atoms with Gasteiger partial charge in [0.05, 0.1) is 12.2 Å². The fourth-order valence-electron chi connectivity index (χ4n) is 8.07. The largest absolute Gasteiger partial charge is 0.390 e. The Morgan fingerprint density at radius 1 is 0.875 bits per heavy atom. The third-order valence-electron chi connectivity index (χ3n) is 9.48. The molecule has 4 saturated carbocycles. The molecule has 4 aliphatic carbocycles. The van der Waals surface area contributed by atoms with Gasteiger partial charge < -0.3 is 15.9 Å². The average molecular weight is 336 g/mol. The molecule has 3 heteroatoms. The van der Waals surface area contributed by atoms with Gasteiger partial charge in [-0.1, -0.05) is 27.2 Å². The second-order valence-corrected chi connectivity index (χ2v) is 10.1. The van der Waals surface area contributed by atoms with Crippen molar-refractivity contribution in [1.29, 1.82) is 0 Å². The molecule has 0 radical (unpaired) electrons. The molecule has 4 rings (SSSR count). The van der Waals surface area contributed by atoms with Crippen LogP contribution in [-0.4, -0.2) is 28.5 Å². The zero-order chi connectivity index (χ0) is 17.3. The van der Waals surface area contributed by atoms with Gasteiger partial charge in [0.1, 0.15) is 0 Å². The molecular formula is C21H37NO2. The van der Waals surface area contributed by atoms with Crippen LogP contribution in [0.15, 0.2) is 0 Å². The molecule has 0 spiro atoms.